The van der Waals surface area contributed by atoms with Crippen LogP contribution in [0.2, 0.25) is 0 Å². The van der Waals surface area contributed by atoms with Gasteiger partial charge in [-0.1, -0.05) is 0 Å². The molecule has 0 aliphatic rings. The minimum Gasteiger partial charge on any atom is -0.383 e. The van der Waals surface area contributed by atoms with Crippen molar-refractivity contribution in [3.05, 3.63) is 29.7 Å². The minimum atomic E-state index is -0.218. The molecule has 2 aromatic rings. The maximum Gasteiger partial charge on any atom is 0.256 e. The Hall–Kier alpha value is -2.31. The minimum absolute atomic E-state index is 0.218. The molecule has 0 fully saturated rings. The summed E-state index contributed by atoms with van der Waals surface area (Å²) in [7, 11) is 1.69. The average molecular weight is 248 g/mol. The monoisotopic (exact) mass is 248 g/mol. The summed E-state index contributed by atoms with van der Waals surface area (Å²) in [6, 6.07) is 0. The van der Waals surface area contributed by atoms with Crippen molar-refractivity contribution in [1.29, 1.82) is 0 Å². The molecular weight excluding hydrogens is 232 g/mol. The van der Waals surface area contributed by atoms with Gasteiger partial charge in [0.05, 0.1) is 18.9 Å². The zero-order chi connectivity index (χ0) is 13.1. The van der Waals surface area contributed by atoms with E-state index in [-0.39, 0.29) is 5.91 Å². The van der Waals surface area contributed by atoms with E-state index in [4.69, 9.17) is 5.73 Å². The van der Waals surface area contributed by atoms with Crippen molar-refractivity contribution in [3.63, 3.8) is 0 Å². The predicted molar refractivity (Wildman–Crippen MR) is 66.9 cm³/mol. The van der Waals surface area contributed by atoms with Crippen molar-refractivity contribution in [2.45, 2.75) is 13.5 Å². The largest absolute Gasteiger partial charge is 0.383 e. The fraction of sp³-hybridized carbons (Fsp3) is 0.364. The van der Waals surface area contributed by atoms with Crippen molar-refractivity contribution in [1.82, 2.24) is 24.9 Å². The van der Waals surface area contributed by atoms with Crippen LogP contribution in [-0.4, -0.2) is 32.0 Å². The van der Waals surface area contributed by atoms with Crippen LogP contribution in [0, 0.1) is 6.92 Å². The first-order valence-electron chi connectivity index (χ1n) is 5.62. The molecule has 7 heteroatoms. The van der Waals surface area contributed by atoms with E-state index in [9.17, 15) is 4.79 Å². The highest BCUT2D eigenvalue weighted by Gasteiger charge is 2.12. The van der Waals surface area contributed by atoms with Crippen molar-refractivity contribution in [2.75, 3.05) is 12.3 Å². The SMILES string of the molecule is Cc1cnn(CCNC(=O)c2cnn(C)c2N)c1. The molecule has 0 unspecified atom stereocenters. The van der Waals surface area contributed by atoms with Crippen LogP contribution in [0.3, 0.4) is 0 Å². The van der Waals surface area contributed by atoms with Gasteiger partial charge < -0.3 is 11.1 Å². The number of nitrogens with two attached hydrogens (primary N) is 1. The number of nitrogens with zero attached hydrogens (tertiary/aromatic N) is 4. The van der Waals surface area contributed by atoms with E-state index in [0.29, 0.717) is 24.5 Å². The summed E-state index contributed by atoms with van der Waals surface area (Å²) in [4.78, 5) is 11.8. The van der Waals surface area contributed by atoms with Crippen molar-refractivity contribution in [2.24, 2.45) is 7.05 Å². The third-order valence-electron chi connectivity index (χ3n) is 2.62. The molecule has 2 aromatic heterocycles. The molecule has 0 spiro atoms. The zero-order valence-electron chi connectivity index (χ0n) is 10.4. The van der Waals surface area contributed by atoms with Gasteiger partial charge in [-0.15, -0.1) is 0 Å². The van der Waals surface area contributed by atoms with Gasteiger partial charge in [0.15, 0.2) is 0 Å². The molecule has 0 atom stereocenters. The lowest BCUT2D eigenvalue weighted by Gasteiger charge is -2.04. The van der Waals surface area contributed by atoms with E-state index in [1.807, 2.05) is 13.1 Å². The molecular formula is C11H16N6O. The standard InChI is InChI=1S/C11H16N6O/c1-8-5-15-17(7-8)4-3-13-11(18)9-6-14-16(2)10(9)12/h5-7H,3-4,12H2,1-2H3,(H,13,18). The van der Waals surface area contributed by atoms with Gasteiger partial charge in [0.25, 0.3) is 5.91 Å². The summed E-state index contributed by atoms with van der Waals surface area (Å²) in [5, 5.41) is 10.8. The number of carbonyl (C=O) groups excluding carboxylic acids is 1. The predicted octanol–water partition coefficient (Wildman–Crippen LogP) is -0.0628. The smallest absolute Gasteiger partial charge is 0.256 e. The number of anilines is 1. The Morgan fingerprint density at radius 1 is 1.44 bits per heavy atom. The van der Waals surface area contributed by atoms with Crippen LogP contribution in [0.5, 0.6) is 0 Å². The number of hydrogen-bond donors (Lipinski definition) is 2. The summed E-state index contributed by atoms with van der Waals surface area (Å²) in [5.41, 5.74) is 7.20. The molecule has 0 aromatic carbocycles. The first-order chi connectivity index (χ1) is 8.58. The van der Waals surface area contributed by atoms with E-state index >= 15 is 0 Å². The van der Waals surface area contributed by atoms with Crippen LogP contribution in [0.25, 0.3) is 0 Å². The van der Waals surface area contributed by atoms with E-state index in [0.717, 1.165) is 5.56 Å². The lowest BCUT2D eigenvalue weighted by Crippen LogP contribution is -2.27. The Morgan fingerprint density at radius 2 is 2.22 bits per heavy atom. The molecule has 0 aliphatic heterocycles. The number of nitrogen functional groups attached to an aromatic ring is 1. The summed E-state index contributed by atoms with van der Waals surface area (Å²) in [6.07, 6.45) is 5.16. The summed E-state index contributed by atoms with van der Waals surface area (Å²) >= 11 is 0. The van der Waals surface area contributed by atoms with Crippen LogP contribution in [0.15, 0.2) is 18.6 Å². The van der Waals surface area contributed by atoms with E-state index in [2.05, 4.69) is 15.5 Å². The molecule has 0 aliphatic carbocycles. The second-order valence-corrected chi connectivity index (χ2v) is 4.10. The van der Waals surface area contributed by atoms with Crippen LogP contribution in [0.1, 0.15) is 15.9 Å². The zero-order valence-corrected chi connectivity index (χ0v) is 10.4. The topological polar surface area (TPSA) is 90.8 Å². The molecule has 96 valence electrons. The number of rotatable bonds is 4. The van der Waals surface area contributed by atoms with Crippen LogP contribution < -0.4 is 11.1 Å². The normalized spacial score (nSPS) is 10.6. The molecule has 0 bridgehead atoms. The van der Waals surface area contributed by atoms with E-state index in [1.165, 1.54) is 10.9 Å². The highest BCUT2D eigenvalue weighted by Crippen LogP contribution is 2.08. The third-order valence-corrected chi connectivity index (χ3v) is 2.62. The Labute approximate surface area is 105 Å². The number of aromatic nitrogens is 4. The number of carbonyl (C=O) groups is 1. The van der Waals surface area contributed by atoms with Gasteiger partial charge in [0.2, 0.25) is 0 Å². The van der Waals surface area contributed by atoms with Crippen molar-refractivity contribution >= 4 is 11.7 Å². The second-order valence-electron chi connectivity index (χ2n) is 4.10. The number of hydrogen-bond acceptors (Lipinski definition) is 4. The van der Waals surface area contributed by atoms with Gasteiger partial charge in [-0.25, -0.2) is 0 Å². The van der Waals surface area contributed by atoms with Gasteiger partial charge in [0, 0.05) is 19.8 Å². The molecule has 1 amide bonds. The van der Waals surface area contributed by atoms with Gasteiger partial charge in [0.1, 0.15) is 11.4 Å². The average Bonchev–Trinajstić information content (AvgIpc) is 2.87. The van der Waals surface area contributed by atoms with Gasteiger partial charge in [-0.3, -0.25) is 14.2 Å². The maximum absolute atomic E-state index is 11.8. The number of aryl methyl sites for hydroxylation is 2. The fourth-order valence-corrected chi connectivity index (χ4v) is 1.59. The van der Waals surface area contributed by atoms with Crippen LogP contribution in [0.4, 0.5) is 5.82 Å². The lowest BCUT2D eigenvalue weighted by atomic mass is 10.3. The lowest BCUT2D eigenvalue weighted by molar-refractivity contribution is 0.0953. The molecule has 3 N–H and O–H groups in total. The summed E-state index contributed by atoms with van der Waals surface area (Å²) in [5.74, 6) is 0.145. The molecule has 0 saturated heterocycles. The van der Waals surface area contributed by atoms with Gasteiger partial charge in [-0.05, 0) is 12.5 Å². The molecule has 0 saturated carbocycles. The molecule has 0 radical (unpaired) electrons. The quantitative estimate of drug-likeness (QED) is 0.793. The van der Waals surface area contributed by atoms with Gasteiger partial charge >= 0.3 is 0 Å². The Morgan fingerprint density at radius 3 is 2.78 bits per heavy atom. The number of nitrogens with one attached hydrogen (secondary N) is 1. The molecule has 7 nitrogen and oxygen atoms in total. The first-order valence-corrected chi connectivity index (χ1v) is 5.62. The summed E-state index contributed by atoms with van der Waals surface area (Å²) < 4.78 is 3.24. The fourth-order valence-electron chi connectivity index (χ4n) is 1.59. The van der Waals surface area contributed by atoms with E-state index < -0.39 is 0 Å². The van der Waals surface area contributed by atoms with Crippen molar-refractivity contribution in [3.8, 4) is 0 Å². The van der Waals surface area contributed by atoms with Crippen LogP contribution >= 0.6 is 0 Å². The molecule has 2 heterocycles. The highest BCUT2D eigenvalue weighted by atomic mass is 16.1. The van der Waals surface area contributed by atoms with Crippen molar-refractivity contribution < 1.29 is 4.79 Å². The third kappa shape index (κ3) is 2.50. The first kappa shape index (κ1) is 12.2. The molecule has 18 heavy (non-hydrogen) atoms. The number of amides is 1. The Bertz CT molecular complexity index is 556. The van der Waals surface area contributed by atoms with E-state index in [1.54, 1.807) is 17.9 Å². The second kappa shape index (κ2) is 4.91. The maximum atomic E-state index is 11.8. The Kier molecular flexibility index (Phi) is 3.31. The van der Waals surface area contributed by atoms with Crippen LogP contribution in [-0.2, 0) is 13.6 Å². The molecule has 2 rings (SSSR count). The highest BCUT2D eigenvalue weighted by molar-refractivity contribution is 5.98. The Balaban J connectivity index is 1.87. The summed E-state index contributed by atoms with van der Waals surface area (Å²) in [6.45, 7) is 3.09. The van der Waals surface area contributed by atoms with Gasteiger partial charge in [-0.2, -0.15) is 10.2 Å².